The molecule has 1 aromatic carbocycles. The Labute approximate surface area is 99.7 Å². The van der Waals surface area contributed by atoms with Gasteiger partial charge in [-0.05, 0) is 31.4 Å². The van der Waals surface area contributed by atoms with Gasteiger partial charge in [0.1, 0.15) is 0 Å². The summed E-state index contributed by atoms with van der Waals surface area (Å²) in [5.74, 6) is 0.561. The number of para-hydroxylation sites is 1. The lowest BCUT2D eigenvalue weighted by molar-refractivity contribution is -0.386. The zero-order chi connectivity index (χ0) is 12.3. The fourth-order valence-corrected chi connectivity index (χ4v) is 2.02. The number of hydrogen-bond acceptors (Lipinski definition) is 4. The molecule has 1 saturated carbocycles. The predicted octanol–water partition coefficient (Wildman–Crippen LogP) is 1.85. The van der Waals surface area contributed by atoms with Gasteiger partial charge in [0.25, 0.3) is 5.69 Å². The number of benzene rings is 1. The van der Waals surface area contributed by atoms with Crippen LogP contribution in [0.5, 0.6) is 0 Å². The van der Waals surface area contributed by atoms with Crippen LogP contribution in [-0.2, 0) is 11.3 Å². The Kier molecular flexibility index (Phi) is 3.71. The molecule has 1 aliphatic carbocycles. The minimum absolute atomic E-state index is 0.127. The third kappa shape index (κ3) is 2.81. The molecule has 2 N–H and O–H groups in total. The molecule has 0 aromatic heterocycles. The van der Waals surface area contributed by atoms with Crippen LogP contribution >= 0.6 is 0 Å². The highest BCUT2D eigenvalue weighted by atomic mass is 16.6. The Morgan fingerprint density at radius 1 is 1.41 bits per heavy atom. The molecule has 0 radical (unpaired) electrons. The van der Waals surface area contributed by atoms with E-state index in [0.29, 0.717) is 24.6 Å². The topological polar surface area (TPSA) is 78.4 Å². The monoisotopic (exact) mass is 236 g/mol. The first-order valence-corrected chi connectivity index (χ1v) is 5.74. The summed E-state index contributed by atoms with van der Waals surface area (Å²) in [6.07, 6.45) is 2.15. The number of rotatable bonds is 5. The van der Waals surface area contributed by atoms with E-state index in [0.717, 1.165) is 12.8 Å². The van der Waals surface area contributed by atoms with Crippen LogP contribution in [0.25, 0.3) is 0 Å². The molecule has 1 fully saturated rings. The summed E-state index contributed by atoms with van der Waals surface area (Å²) in [5.41, 5.74) is 6.28. The standard InChI is InChI=1S/C12H16N2O3/c13-7-9-5-11(6-9)17-8-10-3-1-2-4-12(10)14(15)16/h1-4,9,11H,5-8,13H2. The fraction of sp³-hybridized carbons (Fsp3) is 0.500. The van der Waals surface area contributed by atoms with E-state index in [9.17, 15) is 10.1 Å². The molecular formula is C12H16N2O3. The maximum atomic E-state index is 10.8. The third-order valence-electron chi connectivity index (χ3n) is 3.19. The van der Waals surface area contributed by atoms with E-state index in [2.05, 4.69) is 0 Å². The van der Waals surface area contributed by atoms with Gasteiger partial charge in [-0.15, -0.1) is 0 Å². The van der Waals surface area contributed by atoms with Crippen molar-refractivity contribution >= 4 is 5.69 Å². The smallest absolute Gasteiger partial charge is 0.274 e. The Morgan fingerprint density at radius 3 is 2.76 bits per heavy atom. The predicted molar refractivity (Wildman–Crippen MR) is 63.5 cm³/mol. The molecule has 0 spiro atoms. The van der Waals surface area contributed by atoms with Gasteiger partial charge in [-0.25, -0.2) is 0 Å². The summed E-state index contributed by atoms with van der Waals surface area (Å²) in [6.45, 7) is 1.00. The minimum atomic E-state index is -0.373. The van der Waals surface area contributed by atoms with E-state index in [1.54, 1.807) is 18.2 Å². The fourth-order valence-electron chi connectivity index (χ4n) is 2.02. The van der Waals surface area contributed by atoms with E-state index in [4.69, 9.17) is 10.5 Å². The zero-order valence-corrected chi connectivity index (χ0v) is 9.54. The van der Waals surface area contributed by atoms with Gasteiger partial charge in [0.15, 0.2) is 0 Å². The number of ether oxygens (including phenoxy) is 1. The van der Waals surface area contributed by atoms with Gasteiger partial charge in [-0.1, -0.05) is 12.1 Å². The first-order valence-electron chi connectivity index (χ1n) is 5.74. The second kappa shape index (κ2) is 5.25. The molecule has 0 amide bonds. The number of nitro groups is 1. The summed E-state index contributed by atoms with van der Waals surface area (Å²) < 4.78 is 5.63. The lowest BCUT2D eigenvalue weighted by Gasteiger charge is -2.34. The van der Waals surface area contributed by atoms with Crippen LogP contribution in [0.1, 0.15) is 18.4 Å². The van der Waals surface area contributed by atoms with E-state index < -0.39 is 0 Å². The van der Waals surface area contributed by atoms with E-state index in [-0.39, 0.29) is 16.7 Å². The molecule has 1 aliphatic rings. The van der Waals surface area contributed by atoms with Gasteiger partial charge in [-0.2, -0.15) is 0 Å². The van der Waals surface area contributed by atoms with Gasteiger partial charge in [0, 0.05) is 6.07 Å². The lowest BCUT2D eigenvalue weighted by atomic mass is 9.82. The van der Waals surface area contributed by atoms with Crippen LogP contribution in [0, 0.1) is 16.0 Å². The molecule has 92 valence electrons. The molecule has 0 bridgehead atoms. The summed E-state index contributed by atoms with van der Waals surface area (Å²) in [5, 5.41) is 10.8. The van der Waals surface area contributed by atoms with Crippen molar-refractivity contribution in [3.63, 3.8) is 0 Å². The second-order valence-corrected chi connectivity index (χ2v) is 4.39. The highest BCUT2D eigenvalue weighted by Crippen LogP contribution is 2.30. The number of nitrogens with zero attached hydrogens (tertiary/aromatic N) is 1. The summed E-state index contributed by atoms with van der Waals surface area (Å²) in [7, 11) is 0. The molecule has 5 nitrogen and oxygen atoms in total. The zero-order valence-electron chi connectivity index (χ0n) is 9.54. The maximum absolute atomic E-state index is 10.8. The van der Waals surface area contributed by atoms with Crippen molar-refractivity contribution in [3.05, 3.63) is 39.9 Å². The van der Waals surface area contributed by atoms with Crippen molar-refractivity contribution in [1.29, 1.82) is 0 Å². The maximum Gasteiger partial charge on any atom is 0.274 e. The SMILES string of the molecule is NCC1CC(OCc2ccccc2[N+](=O)[O-])C1. The van der Waals surface area contributed by atoms with Crippen molar-refractivity contribution in [2.24, 2.45) is 11.7 Å². The first kappa shape index (κ1) is 12.0. The largest absolute Gasteiger partial charge is 0.373 e. The van der Waals surface area contributed by atoms with Crippen molar-refractivity contribution in [3.8, 4) is 0 Å². The number of nitro benzene ring substituents is 1. The molecule has 0 aliphatic heterocycles. The van der Waals surface area contributed by atoms with Crippen LogP contribution in [0.2, 0.25) is 0 Å². The summed E-state index contributed by atoms with van der Waals surface area (Å²) in [4.78, 5) is 10.4. The average Bonchev–Trinajstić information content (AvgIpc) is 2.27. The van der Waals surface area contributed by atoms with E-state index >= 15 is 0 Å². The van der Waals surface area contributed by atoms with E-state index in [1.807, 2.05) is 0 Å². The van der Waals surface area contributed by atoms with Crippen molar-refractivity contribution in [1.82, 2.24) is 0 Å². The van der Waals surface area contributed by atoms with Gasteiger partial charge in [0.05, 0.1) is 23.2 Å². The quantitative estimate of drug-likeness (QED) is 0.625. The molecule has 17 heavy (non-hydrogen) atoms. The van der Waals surface area contributed by atoms with Gasteiger partial charge in [0.2, 0.25) is 0 Å². The number of hydrogen-bond donors (Lipinski definition) is 1. The highest BCUT2D eigenvalue weighted by molar-refractivity contribution is 5.39. The molecule has 0 saturated heterocycles. The normalized spacial score (nSPS) is 23.1. The summed E-state index contributed by atoms with van der Waals surface area (Å²) >= 11 is 0. The Morgan fingerprint density at radius 2 is 2.12 bits per heavy atom. The number of nitrogens with two attached hydrogens (primary N) is 1. The molecule has 0 unspecified atom stereocenters. The van der Waals surface area contributed by atoms with Gasteiger partial charge in [-0.3, -0.25) is 10.1 Å². The molecule has 1 aromatic rings. The van der Waals surface area contributed by atoms with Crippen LogP contribution in [0.15, 0.2) is 24.3 Å². The molecular weight excluding hydrogens is 220 g/mol. The van der Waals surface area contributed by atoms with Gasteiger partial charge >= 0.3 is 0 Å². The molecule has 5 heteroatoms. The highest BCUT2D eigenvalue weighted by Gasteiger charge is 2.29. The molecule has 0 atom stereocenters. The average molecular weight is 236 g/mol. The summed E-state index contributed by atoms with van der Waals surface area (Å²) in [6, 6.07) is 6.68. The van der Waals surface area contributed by atoms with Gasteiger partial charge < -0.3 is 10.5 Å². The molecule has 0 heterocycles. The van der Waals surface area contributed by atoms with Crippen LogP contribution in [-0.4, -0.2) is 17.6 Å². The minimum Gasteiger partial charge on any atom is -0.373 e. The second-order valence-electron chi connectivity index (χ2n) is 4.39. The molecule has 2 rings (SSSR count). The van der Waals surface area contributed by atoms with Crippen LogP contribution in [0.3, 0.4) is 0 Å². The Balaban J connectivity index is 1.89. The van der Waals surface area contributed by atoms with Crippen LogP contribution in [0.4, 0.5) is 5.69 Å². The Hall–Kier alpha value is -1.46. The lowest BCUT2D eigenvalue weighted by Crippen LogP contribution is -2.35. The van der Waals surface area contributed by atoms with Crippen LogP contribution < -0.4 is 5.73 Å². The van der Waals surface area contributed by atoms with Crippen molar-refractivity contribution in [2.75, 3.05) is 6.54 Å². The Bertz CT molecular complexity index is 402. The van der Waals surface area contributed by atoms with Crippen molar-refractivity contribution < 1.29 is 9.66 Å². The first-order chi connectivity index (χ1) is 8.20. The van der Waals surface area contributed by atoms with Crippen molar-refractivity contribution in [2.45, 2.75) is 25.6 Å². The van der Waals surface area contributed by atoms with E-state index in [1.165, 1.54) is 6.07 Å². The third-order valence-corrected chi connectivity index (χ3v) is 3.19.